The van der Waals surface area contributed by atoms with Crippen LogP contribution in [0.25, 0.3) is 10.8 Å². The normalized spacial score (nSPS) is 12.3. The van der Waals surface area contributed by atoms with Gasteiger partial charge in [0.2, 0.25) is 0 Å². The number of carbonyl (C=O) groups excluding carboxylic acids is 2. The molecule has 0 bridgehead atoms. The first-order chi connectivity index (χ1) is 11.8. The Hall–Kier alpha value is -2.76. The number of alkyl carbamates (subject to hydrolysis) is 1. The van der Waals surface area contributed by atoms with Gasteiger partial charge < -0.3 is 19.5 Å². The van der Waals surface area contributed by atoms with Crippen molar-refractivity contribution in [2.45, 2.75) is 32.4 Å². The van der Waals surface area contributed by atoms with Gasteiger partial charge in [-0.05, 0) is 43.7 Å². The van der Waals surface area contributed by atoms with Gasteiger partial charge >= 0.3 is 12.1 Å². The summed E-state index contributed by atoms with van der Waals surface area (Å²) in [5, 5.41) is 4.58. The number of carbonyl (C=O) groups is 2. The second-order valence-electron chi connectivity index (χ2n) is 6.54. The van der Waals surface area contributed by atoms with Crippen molar-refractivity contribution in [3.63, 3.8) is 0 Å². The lowest BCUT2D eigenvalue weighted by Gasteiger charge is -2.22. The summed E-state index contributed by atoms with van der Waals surface area (Å²) < 4.78 is 15.5. The van der Waals surface area contributed by atoms with E-state index in [1.807, 2.05) is 42.5 Å². The molecule has 6 nitrogen and oxygen atoms in total. The fraction of sp³-hybridized carbons (Fsp3) is 0.368. The molecule has 0 aliphatic rings. The average Bonchev–Trinajstić information content (AvgIpc) is 2.56. The summed E-state index contributed by atoms with van der Waals surface area (Å²) in [7, 11) is 1.25. The fourth-order valence-electron chi connectivity index (χ4n) is 2.20. The molecule has 2 aromatic rings. The highest BCUT2D eigenvalue weighted by Crippen LogP contribution is 2.20. The van der Waals surface area contributed by atoms with Crippen LogP contribution >= 0.6 is 0 Å². The van der Waals surface area contributed by atoms with E-state index in [2.05, 4.69) is 5.32 Å². The lowest BCUT2D eigenvalue weighted by atomic mass is 10.1. The molecule has 0 heterocycles. The van der Waals surface area contributed by atoms with E-state index in [1.54, 1.807) is 20.8 Å². The van der Waals surface area contributed by atoms with E-state index in [4.69, 9.17) is 14.2 Å². The number of rotatable bonds is 5. The third-order valence-corrected chi connectivity index (χ3v) is 3.31. The molecular weight excluding hydrogens is 322 g/mol. The third-order valence-electron chi connectivity index (χ3n) is 3.31. The number of hydrogen-bond acceptors (Lipinski definition) is 5. The molecule has 0 aliphatic heterocycles. The summed E-state index contributed by atoms with van der Waals surface area (Å²) in [6.07, 6.45) is -0.704. The SMILES string of the molecule is COC(=O)C(COc1ccc2ccccc2c1)NC(=O)OC(C)(C)C. The molecule has 2 aromatic carbocycles. The zero-order valence-electron chi connectivity index (χ0n) is 14.9. The highest BCUT2D eigenvalue weighted by molar-refractivity contribution is 5.84. The van der Waals surface area contributed by atoms with Gasteiger partial charge in [-0.1, -0.05) is 30.3 Å². The van der Waals surface area contributed by atoms with E-state index in [0.717, 1.165) is 10.8 Å². The van der Waals surface area contributed by atoms with E-state index in [0.29, 0.717) is 5.75 Å². The molecule has 6 heteroatoms. The Balaban J connectivity index is 2.03. The monoisotopic (exact) mass is 345 g/mol. The Bertz CT molecular complexity index is 751. The minimum absolute atomic E-state index is 0.0652. The van der Waals surface area contributed by atoms with E-state index in [-0.39, 0.29) is 6.61 Å². The summed E-state index contributed by atoms with van der Waals surface area (Å²) in [5.41, 5.74) is -0.663. The van der Waals surface area contributed by atoms with Crippen LogP contribution in [0.1, 0.15) is 20.8 Å². The molecule has 2 rings (SSSR count). The van der Waals surface area contributed by atoms with Gasteiger partial charge in [0.25, 0.3) is 0 Å². The van der Waals surface area contributed by atoms with Gasteiger partial charge in [0.05, 0.1) is 7.11 Å². The Morgan fingerprint density at radius 1 is 1.08 bits per heavy atom. The third kappa shape index (κ3) is 5.67. The van der Waals surface area contributed by atoms with Gasteiger partial charge in [-0.15, -0.1) is 0 Å². The molecule has 1 unspecified atom stereocenters. The first kappa shape index (κ1) is 18.6. The van der Waals surface area contributed by atoms with Crippen molar-refractivity contribution in [3.05, 3.63) is 42.5 Å². The van der Waals surface area contributed by atoms with E-state index in [9.17, 15) is 9.59 Å². The van der Waals surface area contributed by atoms with Crippen LogP contribution in [-0.4, -0.2) is 37.4 Å². The second kappa shape index (κ2) is 7.88. The molecular formula is C19H23NO5. The number of nitrogens with one attached hydrogen (secondary N) is 1. The van der Waals surface area contributed by atoms with Gasteiger partial charge in [0, 0.05) is 0 Å². The number of esters is 1. The summed E-state index contributed by atoms with van der Waals surface area (Å²) >= 11 is 0. The minimum Gasteiger partial charge on any atom is -0.491 e. The highest BCUT2D eigenvalue weighted by Gasteiger charge is 2.25. The van der Waals surface area contributed by atoms with Gasteiger partial charge in [-0.3, -0.25) is 0 Å². The van der Waals surface area contributed by atoms with Crippen LogP contribution < -0.4 is 10.1 Å². The zero-order chi connectivity index (χ0) is 18.4. The maximum Gasteiger partial charge on any atom is 0.408 e. The van der Waals surface area contributed by atoms with E-state index in [1.165, 1.54) is 7.11 Å². The first-order valence-corrected chi connectivity index (χ1v) is 7.97. The average molecular weight is 345 g/mol. The summed E-state index contributed by atoms with van der Waals surface area (Å²) in [4.78, 5) is 23.8. The van der Waals surface area contributed by atoms with Crippen molar-refractivity contribution in [2.75, 3.05) is 13.7 Å². The molecule has 0 radical (unpaired) electrons. The zero-order valence-corrected chi connectivity index (χ0v) is 14.9. The van der Waals surface area contributed by atoms with E-state index < -0.39 is 23.7 Å². The molecule has 25 heavy (non-hydrogen) atoms. The van der Waals surface area contributed by atoms with Crippen molar-refractivity contribution in [1.82, 2.24) is 5.32 Å². The van der Waals surface area contributed by atoms with Crippen molar-refractivity contribution in [2.24, 2.45) is 0 Å². The van der Waals surface area contributed by atoms with Gasteiger partial charge in [0.15, 0.2) is 6.04 Å². The van der Waals surface area contributed by atoms with Crippen molar-refractivity contribution in [1.29, 1.82) is 0 Å². The molecule has 1 amide bonds. The quantitative estimate of drug-likeness (QED) is 0.842. The number of ether oxygens (including phenoxy) is 3. The molecule has 0 fully saturated rings. The Morgan fingerprint density at radius 3 is 2.40 bits per heavy atom. The maximum absolute atomic E-state index is 11.9. The number of amides is 1. The molecule has 1 N–H and O–H groups in total. The number of hydrogen-bond donors (Lipinski definition) is 1. The second-order valence-corrected chi connectivity index (χ2v) is 6.54. The van der Waals surface area contributed by atoms with Crippen molar-refractivity contribution in [3.8, 4) is 5.75 Å². The van der Waals surface area contributed by atoms with Crippen molar-refractivity contribution < 1.29 is 23.8 Å². The molecule has 0 saturated carbocycles. The fourth-order valence-corrected chi connectivity index (χ4v) is 2.20. The minimum atomic E-state index is -0.966. The Kier molecular flexibility index (Phi) is 5.85. The summed E-state index contributed by atoms with van der Waals surface area (Å²) in [5.74, 6) is -0.00904. The standard InChI is InChI=1S/C19H23NO5/c1-19(2,3)25-18(22)20-16(17(21)23-4)12-24-15-10-9-13-7-5-6-8-14(13)11-15/h5-11,16H,12H2,1-4H3,(H,20,22). The smallest absolute Gasteiger partial charge is 0.408 e. The van der Waals surface area contributed by atoms with Crippen LogP contribution in [0.3, 0.4) is 0 Å². The Labute approximate surface area is 147 Å². The molecule has 0 saturated heterocycles. The van der Waals surface area contributed by atoms with Gasteiger partial charge in [-0.2, -0.15) is 0 Å². The molecule has 0 aromatic heterocycles. The largest absolute Gasteiger partial charge is 0.491 e. The lowest BCUT2D eigenvalue weighted by molar-refractivity contribution is -0.143. The lowest BCUT2D eigenvalue weighted by Crippen LogP contribution is -2.47. The van der Waals surface area contributed by atoms with Gasteiger partial charge in [-0.25, -0.2) is 9.59 Å². The number of methoxy groups -OCH3 is 1. The van der Waals surface area contributed by atoms with Crippen molar-refractivity contribution >= 4 is 22.8 Å². The maximum atomic E-state index is 11.9. The summed E-state index contributed by atoms with van der Waals surface area (Å²) in [6, 6.07) is 12.5. The summed E-state index contributed by atoms with van der Waals surface area (Å²) in [6.45, 7) is 5.16. The van der Waals surface area contributed by atoms with Crippen LogP contribution in [0.5, 0.6) is 5.75 Å². The first-order valence-electron chi connectivity index (χ1n) is 7.97. The Morgan fingerprint density at radius 2 is 1.76 bits per heavy atom. The van der Waals surface area contributed by atoms with Crippen LogP contribution in [0.4, 0.5) is 4.79 Å². The molecule has 0 aliphatic carbocycles. The number of fused-ring (bicyclic) bond motifs is 1. The van der Waals surface area contributed by atoms with Crippen LogP contribution in [0.2, 0.25) is 0 Å². The topological polar surface area (TPSA) is 73.9 Å². The van der Waals surface area contributed by atoms with Crippen LogP contribution in [0, 0.1) is 0 Å². The van der Waals surface area contributed by atoms with E-state index >= 15 is 0 Å². The molecule has 1 atom stereocenters. The molecule has 0 spiro atoms. The highest BCUT2D eigenvalue weighted by atomic mass is 16.6. The van der Waals surface area contributed by atoms with Crippen LogP contribution in [0.15, 0.2) is 42.5 Å². The predicted molar refractivity (Wildman–Crippen MR) is 94.6 cm³/mol. The molecule has 134 valence electrons. The number of benzene rings is 2. The predicted octanol–water partition coefficient (Wildman–Crippen LogP) is 3.28. The van der Waals surface area contributed by atoms with Gasteiger partial charge in [0.1, 0.15) is 18.0 Å². The van der Waals surface area contributed by atoms with Crippen LogP contribution in [-0.2, 0) is 14.3 Å².